The van der Waals surface area contributed by atoms with Gasteiger partial charge in [-0.3, -0.25) is 15.1 Å². The van der Waals surface area contributed by atoms with Gasteiger partial charge < -0.3 is 19.5 Å². The van der Waals surface area contributed by atoms with Gasteiger partial charge in [-0.1, -0.05) is 0 Å². The molecule has 2 atom stereocenters. The lowest BCUT2D eigenvalue weighted by Crippen LogP contribution is -2.34. The molecule has 0 fully saturated rings. The van der Waals surface area contributed by atoms with Crippen molar-refractivity contribution in [1.82, 2.24) is 5.32 Å². The predicted molar refractivity (Wildman–Crippen MR) is 62.1 cm³/mol. The first-order chi connectivity index (χ1) is 8.32. The summed E-state index contributed by atoms with van der Waals surface area (Å²) in [5, 5.41) is 30.7. The Morgan fingerprint density at radius 2 is 2.33 bits per heavy atom. The number of furan rings is 1. The van der Waals surface area contributed by atoms with Crippen LogP contribution in [0.15, 0.2) is 22.8 Å². The van der Waals surface area contributed by atoms with Gasteiger partial charge in [-0.2, -0.15) is 0 Å². The fourth-order valence-corrected chi connectivity index (χ4v) is 1.54. The summed E-state index contributed by atoms with van der Waals surface area (Å²) < 4.78 is 16.3. The summed E-state index contributed by atoms with van der Waals surface area (Å²) in [7, 11) is -3.58. The third-order valence-electron chi connectivity index (χ3n) is 2.13. The van der Waals surface area contributed by atoms with E-state index in [0.717, 1.165) is 6.66 Å². The van der Waals surface area contributed by atoms with Crippen LogP contribution in [-0.4, -0.2) is 56.7 Å². The van der Waals surface area contributed by atoms with Gasteiger partial charge in [-0.15, -0.1) is 0 Å². The molecule has 0 saturated heterocycles. The Balaban J connectivity index is 2.49. The molecule has 0 saturated carbocycles. The zero-order valence-corrected chi connectivity index (χ0v) is 10.6. The summed E-state index contributed by atoms with van der Waals surface area (Å²) in [5.41, 5.74) is 0. The summed E-state index contributed by atoms with van der Waals surface area (Å²) in [6, 6.07) is 2.98. The van der Waals surface area contributed by atoms with Gasteiger partial charge in [0.05, 0.1) is 6.26 Å². The molecule has 1 heterocycles. The van der Waals surface area contributed by atoms with E-state index in [1.54, 1.807) is 0 Å². The van der Waals surface area contributed by atoms with Crippen LogP contribution in [0, 0.1) is 0 Å². The van der Waals surface area contributed by atoms with Crippen molar-refractivity contribution in [2.75, 3.05) is 19.9 Å². The number of nitrogens with zero attached hydrogens (tertiary/aromatic N) is 1. The number of hydrogen-bond acceptors (Lipinski definition) is 5. The number of rotatable bonds is 6. The third-order valence-corrected chi connectivity index (χ3v) is 3.42. The van der Waals surface area contributed by atoms with Gasteiger partial charge >= 0.3 is 5.90 Å². The number of hydroxylamine groups is 1. The molecule has 0 aliphatic carbocycles. The molecule has 1 aromatic rings. The van der Waals surface area contributed by atoms with Crippen LogP contribution < -0.4 is 5.32 Å². The maximum absolute atomic E-state index is 11.0. The SMILES string of the molecule is CP(=O)(O)C(O)CNC/[N+](O)=C(\O)c1ccco1. The molecule has 2 unspecified atom stereocenters. The highest BCUT2D eigenvalue weighted by molar-refractivity contribution is 7.57. The van der Waals surface area contributed by atoms with Gasteiger partial charge in [-0.05, 0) is 12.1 Å². The molecular formula is C9H16N2O6P+. The van der Waals surface area contributed by atoms with Crippen LogP contribution in [0.3, 0.4) is 0 Å². The standard InChI is InChI=1S/C9H15N2O6P/c1-18(15,16)8(12)5-10-6-11(14)9(13)7-3-2-4-17-7/h2-4,8,10,12,14H,5-6H2,1H3,(H,15,16)/p+1. The second-order valence-electron chi connectivity index (χ2n) is 3.74. The monoisotopic (exact) mass is 279 g/mol. The van der Waals surface area contributed by atoms with Crippen LogP contribution in [0.4, 0.5) is 0 Å². The maximum Gasteiger partial charge on any atom is 0.453 e. The van der Waals surface area contributed by atoms with E-state index in [0.29, 0.717) is 4.74 Å². The summed E-state index contributed by atoms with van der Waals surface area (Å²) in [6.45, 7) is 0.582. The van der Waals surface area contributed by atoms with Crippen LogP contribution in [-0.2, 0) is 4.57 Å². The summed E-state index contributed by atoms with van der Waals surface area (Å²) in [6.07, 6.45) is 1.33. The second-order valence-corrected chi connectivity index (χ2v) is 6.22. The second kappa shape index (κ2) is 6.01. The van der Waals surface area contributed by atoms with Gasteiger partial charge in [0.15, 0.2) is 0 Å². The number of hydrogen-bond donors (Lipinski definition) is 5. The number of aliphatic hydroxyl groups excluding tert-OH is 2. The van der Waals surface area contributed by atoms with Crippen LogP contribution in [0.2, 0.25) is 0 Å². The van der Waals surface area contributed by atoms with Crippen molar-refractivity contribution in [3.63, 3.8) is 0 Å². The highest BCUT2D eigenvalue weighted by Crippen LogP contribution is 2.39. The molecule has 102 valence electrons. The molecule has 1 aromatic heterocycles. The van der Waals surface area contributed by atoms with Gasteiger partial charge in [0.1, 0.15) is 5.85 Å². The van der Waals surface area contributed by atoms with Crippen LogP contribution in [0.25, 0.3) is 0 Å². The highest BCUT2D eigenvalue weighted by atomic mass is 31.2. The molecule has 0 aliphatic rings. The van der Waals surface area contributed by atoms with E-state index < -0.39 is 19.1 Å². The van der Waals surface area contributed by atoms with Crippen molar-refractivity contribution < 1.29 is 34.0 Å². The topological polar surface area (TPSA) is 126 Å². The van der Waals surface area contributed by atoms with Gasteiger partial charge in [0, 0.05) is 17.9 Å². The average molecular weight is 279 g/mol. The molecule has 9 heteroatoms. The Kier molecular flexibility index (Phi) is 4.92. The van der Waals surface area contributed by atoms with E-state index in [-0.39, 0.29) is 19.0 Å². The summed E-state index contributed by atoms with van der Waals surface area (Å²) in [5.74, 6) is -1.87. The van der Waals surface area contributed by atoms with E-state index in [4.69, 9.17) is 9.31 Å². The van der Waals surface area contributed by atoms with Crippen molar-refractivity contribution >= 4 is 13.3 Å². The molecule has 8 nitrogen and oxygen atoms in total. The van der Waals surface area contributed by atoms with Crippen molar-refractivity contribution in [1.29, 1.82) is 0 Å². The Morgan fingerprint density at radius 1 is 1.67 bits per heavy atom. The molecule has 0 bridgehead atoms. The minimum Gasteiger partial charge on any atom is -0.455 e. The first kappa shape index (κ1) is 14.7. The highest BCUT2D eigenvalue weighted by Gasteiger charge is 2.24. The van der Waals surface area contributed by atoms with Crippen molar-refractivity contribution in [2.45, 2.75) is 5.85 Å². The molecule has 18 heavy (non-hydrogen) atoms. The van der Waals surface area contributed by atoms with Crippen LogP contribution in [0.1, 0.15) is 5.76 Å². The van der Waals surface area contributed by atoms with E-state index in [2.05, 4.69) is 5.32 Å². The lowest BCUT2D eigenvalue weighted by atomic mass is 10.4. The van der Waals surface area contributed by atoms with Crippen molar-refractivity contribution in [3.8, 4) is 0 Å². The molecule has 0 amide bonds. The molecule has 0 radical (unpaired) electrons. The molecule has 0 spiro atoms. The Bertz CT molecular complexity index is 452. The van der Waals surface area contributed by atoms with Crippen LogP contribution in [0.5, 0.6) is 0 Å². The zero-order valence-electron chi connectivity index (χ0n) is 9.72. The van der Waals surface area contributed by atoms with E-state index in [1.807, 2.05) is 0 Å². The quantitative estimate of drug-likeness (QED) is 0.0924. The molecule has 0 aliphatic heterocycles. The minimum absolute atomic E-state index is 0.0724. The molecular weight excluding hydrogens is 263 g/mol. The van der Waals surface area contributed by atoms with Gasteiger partial charge in [0.25, 0.3) is 0 Å². The fourth-order valence-electron chi connectivity index (χ4n) is 1.08. The van der Waals surface area contributed by atoms with E-state index in [9.17, 15) is 20.0 Å². The number of aliphatic hydroxyl groups is 2. The van der Waals surface area contributed by atoms with Crippen molar-refractivity contribution in [3.05, 3.63) is 24.2 Å². The third kappa shape index (κ3) is 4.15. The Hall–Kier alpha value is -1.34. The average Bonchev–Trinajstić information content (AvgIpc) is 2.79. The molecule has 1 rings (SSSR count). The van der Waals surface area contributed by atoms with Crippen molar-refractivity contribution in [2.24, 2.45) is 0 Å². The number of nitrogens with one attached hydrogen (secondary N) is 1. The predicted octanol–water partition coefficient (Wildman–Crippen LogP) is -0.248. The largest absolute Gasteiger partial charge is 0.455 e. The summed E-state index contributed by atoms with van der Waals surface area (Å²) >= 11 is 0. The van der Waals surface area contributed by atoms with Crippen LogP contribution >= 0.6 is 7.37 Å². The van der Waals surface area contributed by atoms with E-state index in [1.165, 1.54) is 18.4 Å². The molecule has 5 N–H and O–H groups in total. The fraction of sp³-hybridized carbons (Fsp3) is 0.444. The van der Waals surface area contributed by atoms with Gasteiger partial charge in [-0.25, -0.2) is 0 Å². The lowest BCUT2D eigenvalue weighted by molar-refractivity contribution is -0.781. The normalized spacial score (nSPS) is 17.9. The minimum atomic E-state index is -3.58. The summed E-state index contributed by atoms with van der Waals surface area (Å²) in [4.78, 5) is 9.03. The zero-order chi connectivity index (χ0) is 13.8. The lowest BCUT2D eigenvalue weighted by Gasteiger charge is -2.12. The Morgan fingerprint density at radius 3 is 2.83 bits per heavy atom. The molecule has 0 aromatic carbocycles. The maximum atomic E-state index is 11.0. The Labute approximate surface area is 103 Å². The first-order valence-corrected chi connectivity index (χ1v) is 7.25. The van der Waals surface area contributed by atoms with Gasteiger partial charge in [0.2, 0.25) is 19.8 Å². The van der Waals surface area contributed by atoms with E-state index >= 15 is 0 Å². The smallest absolute Gasteiger partial charge is 0.453 e. The first-order valence-electron chi connectivity index (χ1n) is 5.07.